The summed E-state index contributed by atoms with van der Waals surface area (Å²) in [5.41, 5.74) is 4.45. The highest BCUT2D eigenvalue weighted by atomic mass is 31.3. The third kappa shape index (κ3) is 5.15. The van der Waals surface area contributed by atoms with Gasteiger partial charge in [0.25, 0.3) is 0 Å². The van der Waals surface area contributed by atoms with Crippen LogP contribution in [0.5, 0.6) is 0 Å². The molecule has 1 saturated heterocycles. The first-order valence-electron chi connectivity index (χ1n) is 6.50. The van der Waals surface area contributed by atoms with Gasteiger partial charge in [0.15, 0.2) is 6.23 Å². The second-order valence-electron chi connectivity index (χ2n) is 4.93. The Bertz CT molecular complexity index is 778. The summed E-state index contributed by atoms with van der Waals surface area (Å²) in [4.78, 5) is 41.3. The van der Waals surface area contributed by atoms with E-state index >= 15 is 0 Å². The first-order valence-corrected chi connectivity index (χ1v) is 9.53. The number of rotatable bonds is 6. The molecule has 0 aromatic carbocycles. The summed E-state index contributed by atoms with van der Waals surface area (Å²) in [6, 6.07) is 1.24. The zero-order valence-electron chi connectivity index (χ0n) is 12.2. The minimum atomic E-state index is -5.30. The number of anilines is 1. The largest absolute Gasteiger partial charge is 0.481 e. The average molecular weight is 403 g/mol. The molecule has 14 nitrogen and oxygen atoms in total. The van der Waals surface area contributed by atoms with Gasteiger partial charge in [0, 0.05) is 6.20 Å². The standard InChI is InChI=1S/C9H15N3O11P2/c10-5-1-2-12(9(15)11-5)8-7(14)6(13)4(22-8)3-21-25(19,20)23-24(16,17)18/h1-2,4,6-8,13-14H,3H2,(H,19,20)(H2,10,11,15)(H2,16,17,18)/t4-,6-,7+,8+/m0/s1. The summed E-state index contributed by atoms with van der Waals surface area (Å²) in [6.45, 7) is -0.875. The van der Waals surface area contributed by atoms with Crippen molar-refractivity contribution in [2.45, 2.75) is 24.5 Å². The molecule has 0 unspecified atom stereocenters. The Balaban J connectivity index is 2.08. The van der Waals surface area contributed by atoms with Crippen molar-refractivity contribution in [2.75, 3.05) is 12.3 Å². The number of phosphoric ester groups is 1. The molecule has 1 aromatic rings. The number of nitrogens with two attached hydrogens (primary N) is 1. The molecule has 0 spiro atoms. The van der Waals surface area contributed by atoms with Gasteiger partial charge in [0.05, 0.1) is 6.61 Å². The number of ether oxygens (including phenoxy) is 1. The van der Waals surface area contributed by atoms with E-state index in [9.17, 15) is 24.1 Å². The topological polar surface area (TPSA) is 224 Å². The van der Waals surface area contributed by atoms with Crippen LogP contribution in [0.2, 0.25) is 0 Å². The van der Waals surface area contributed by atoms with Gasteiger partial charge in [-0.2, -0.15) is 9.29 Å². The highest BCUT2D eigenvalue weighted by molar-refractivity contribution is 7.60. The molecule has 16 heteroatoms. The minimum Gasteiger partial charge on any atom is -0.387 e. The molecule has 1 aromatic heterocycles. The van der Waals surface area contributed by atoms with Crippen molar-refractivity contribution >= 4 is 21.5 Å². The Morgan fingerprint density at radius 1 is 1.28 bits per heavy atom. The van der Waals surface area contributed by atoms with E-state index < -0.39 is 52.5 Å². The van der Waals surface area contributed by atoms with Gasteiger partial charge in [-0.1, -0.05) is 0 Å². The van der Waals surface area contributed by atoms with E-state index in [0.29, 0.717) is 0 Å². The first-order chi connectivity index (χ1) is 11.4. The molecule has 0 bridgehead atoms. The lowest BCUT2D eigenvalue weighted by Gasteiger charge is -2.17. The summed E-state index contributed by atoms with van der Waals surface area (Å²) in [5.74, 6) is -0.0787. The van der Waals surface area contributed by atoms with Gasteiger partial charge in [0.1, 0.15) is 24.1 Å². The third-order valence-electron chi connectivity index (χ3n) is 3.07. The van der Waals surface area contributed by atoms with E-state index in [0.717, 1.165) is 10.8 Å². The van der Waals surface area contributed by atoms with E-state index in [1.807, 2.05) is 0 Å². The molecule has 2 heterocycles. The number of nitrogens with zero attached hydrogens (tertiary/aromatic N) is 2. The maximum atomic E-state index is 11.7. The predicted octanol–water partition coefficient (Wildman–Crippen LogP) is -2.33. The molecule has 1 aliphatic heterocycles. The summed E-state index contributed by atoms with van der Waals surface area (Å²) in [6.07, 6.45) is -4.93. The number of aliphatic hydroxyl groups is 2. The lowest BCUT2D eigenvalue weighted by Crippen LogP contribution is -2.36. The lowest BCUT2D eigenvalue weighted by molar-refractivity contribution is -0.0541. The number of phosphoric acid groups is 2. The molecule has 2 rings (SSSR count). The molecule has 7 N–H and O–H groups in total. The van der Waals surface area contributed by atoms with E-state index in [1.54, 1.807) is 0 Å². The van der Waals surface area contributed by atoms with Gasteiger partial charge in [-0.15, -0.1) is 0 Å². The molecular formula is C9H15N3O11P2. The highest BCUT2D eigenvalue weighted by Crippen LogP contribution is 2.57. The van der Waals surface area contributed by atoms with Gasteiger partial charge in [0.2, 0.25) is 0 Å². The van der Waals surface area contributed by atoms with Crippen LogP contribution in [0.3, 0.4) is 0 Å². The normalized spacial score (nSPS) is 29.5. The summed E-state index contributed by atoms with van der Waals surface area (Å²) in [5, 5.41) is 19.8. The smallest absolute Gasteiger partial charge is 0.387 e. The molecule has 1 aliphatic rings. The lowest BCUT2D eigenvalue weighted by atomic mass is 10.1. The molecule has 0 aliphatic carbocycles. The van der Waals surface area contributed by atoms with Crippen LogP contribution >= 0.6 is 15.6 Å². The molecule has 142 valence electrons. The zero-order valence-corrected chi connectivity index (χ0v) is 14.0. The van der Waals surface area contributed by atoms with Crippen molar-refractivity contribution in [3.8, 4) is 0 Å². The van der Waals surface area contributed by atoms with Crippen molar-refractivity contribution in [1.82, 2.24) is 9.55 Å². The van der Waals surface area contributed by atoms with Crippen LogP contribution in [0, 0.1) is 0 Å². The molecule has 25 heavy (non-hydrogen) atoms. The maximum absolute atomic E-state index is 11.7. The van der Waals surface area contributed by atoms with Gasteiger partial charge in [-0.3, -0.25) is 9.09 Å². The fourth-order valence-electron chi connectivity index (χ4n) is 2.04. The van der Waals surface area contributed by atoms with Crippen LogP contribution in [0.15, 0.2) is 17.1 Å². The van der Waals surface area contributed by atoms with Crippen molar-refractivity contribution in [3.63, 3.8) is 0 Å². The summed E-state index contributed by atoms with van der Waals surface area (Å²) in [7, 11) is -10.5. The van der Waals surface area contributed by atoms with Crippen molar-refractivity contribution in [2.24, 2.45) is 0 Å². The quantitative estimate of drug-likeness (QED) is 0.274. The van der Waals surface area contributed by atoms with Crippen LogP contribution < -0.4 is 11.4 Å². The van der Waals surface area contributed by atoms with Crippen LogP contribution in [-0.2, 0) is 22.7 Å². The molecular weight excluding hydrogens is 388 g/mol. The maximum Gasteiger partial charge on any atom is 0.481 e. The van der Waals surface area contributed by atoms with Crippen LogP contribution in [0.25, 0.3) is 0 Å². The fraction of sp³-hybridized carbons (Fsp3) is 0.556. The Morgan fingerprint density at radius 2 is 1.92 bits per heavy atom. The first kappa shape index (κ1) is 20.1. The van der Waals surface area contributed by atoms with E-state index in [1.165, 1.54) is 6.07 Å². The van der Waals surface area contributed by atoms with E-state index in [2.05, 4.69) is 13.8 Å². The monoisotopic (exact) mass is 403 g/mol. The molecule has 0 radical (unpaired) electrons. The molecule has 1 fully saturated rings. The number of hydrogen-bond acceptors (Lipinski definition) is 10. The highest BCUT2D eigenvalue weighted by Gasteiger charge is 2.45. The number of nitrogen functional groups attached to an aromatic ring is 1. The Hall–Kier alpha value is -1.18. The van der Waals surface area contributed by atoms with Crippen molar-refractivity contribution in [1.29, 1.82) is 0 Å². The van der Waals surface area contributed by atoms with Crippen LogP contribution in [0.4, 0.5) is 5.82 Å². The van der Waals surface area contributed by atoms with Crippen LogP contribution in [0.1, 0.15) is 6.23 Å². The predicted molar refractivity (Wildman–Crippen MR) is 77.7 cm³/mol. The minimum absolute atomic E-state index is 0.0787. The van der Waals surface area contributed by atoms with E-state index in [4.69, 9.17) is 25.2 Å². The Kier molecular flexibility index (Phi) is 5.81. The number of aliphatic hydroxyl groups excluding tert-OH is 2. The third-order valence-corrected chi connectivity index (χ3v) is 5.23. The fourth-order valence-corrected chi connectivity index (χ4v) is 3.64. The van der Waals surface area contributed by atoms with Crippen LogP contribution in [-0.4, -0.2) is 59.4 Å². The second-order valence-corrected chi connectivity index (χ2v) is 7.75. The Morgan fingerprint density at radius 3 is 2.48 bits per heavy atom. The average Bonchev–Trinajstić information content (AvgIpc) is 2.71. The molecule has 5 atom stereocenters. The van der Waals surface area contributed by atoms with Gasteiger partial charge in [-0.05, 0) is 6.07 Å². The molecule has 0 amide bonds. The Labute approximate surface area is 139 Å². The van der Waals surface area contributed by atoms with Crippen molar-refractivity contribution < 1.29 is 47.6 Å². The SMILES string of the molecule is Nc1ccn([C@@H]2O[C@@H](CO[P@@](=O)(O)OP(=O)(O)O)[C@H](O)[C@H]2O)c(=O)n1. The second kappa shape index (κ2) is 7.21. The van der Waals surface area contributed by atoms with Gasteiger partial charge >= 0.3 is 21.3 Å². The zero-order chi connectivity index (χ0) is 19.0. The number of aromatic nitrogens is 2. The van der Waals surface area contributed by atoms with E-state index in [-0.39, 0.29) is 5.82 Å². The summed E-state index contributed by atoms with van der Waals surface area (Å²) >= 11 is 0. The molecule has 0 saturated carbocycles. The summed E-state index contributed by atoms with van der Waals surface area (Å²) < 4.78 is 35.8. The van der Waals surface area contributed by atoms with Gasteiger partial charge in [-0.25, -0.2) is 13.9 Å². The van der Waals surface area contributed by atoms with Gasteiger partial charge < -0.3 is 35.4 Å². The number of hydrogen-bond donors (Lipinski definition) is 6. The van der Waals surface area contributed by atoms with Crippen molar-refractivity contribution in [3.05, 3.63) is 22.7 Å².